The van der Waals surface area contributed by atoms with Crippen molar-refractivity contribution in [2.45, 2.75) is 0 Å². The Labute approximate surface area is 101 Å². The van der Waals surface area contributed by atoms with Gasteiger partial charge in [0, 0.05) is 24.6 Å². The van der Waals surface area contributed by atoms with E-state index in [4.69, 9.17) is 0 Å². The van der Waals surface area contributed by atoms with Crippen LogP contribution >= 0.6 is 11.8 Å². The standard InChI is InChI=1S/C10H13FN2OS2/c11-9-2-1-3-10(8-9)12-16(14)13-4-6-15-7-5-13/h1-3,8,12H,4-7H2. The van der Waals surface area contributed by atoms with E-state index in [0.717, 1.165) is 24.6 Å². The first kappa shape index (κ1) is 11.9. The number of nitrogens with zero attached hydrogens (tertiary/aromatic N) is 1. The smallest absolute Gasteiger partial charge is 0.196 e. The Hall–Kier alpha value is -0.590. The van der Waals surface area contributed by atoms with Crippen LogP contribution in [0.25, 0.3) is 0 Å². The first-order chi connectivity index (χ1) is 7.75. The van der Waals surface area contributed by atoms with Gasteiger partial charge >= 0.3 is 0 Å². The van der Waals surface area contributed by atoms with Crippen LogP contribution in [0.2, 0.25) is 0 Å². The summed E-state index contributed by atoms with van der Waals surface area (Å²) in [5.41, 5.74) is 0.552. The van der Waals surface area contributed by atoms with Crippen molar-refractivity contribution < 1.29 is 8.60 Å². The molecular formula is C10H13FN2OS2. The van der Waals surface area contributed by atoms with Crippen LogP contribution in [0.1, 0.15) is 0 Å². The van der Waals surface area contributed by atoms with E-state index in [9.17, 15) is 8.60 Å². The van der Waals surface area contributed by atoms with Crippen molar-refractivity contribution in [3.63, 3.8) is 0 Å². The molecule has 1 heterocycles. The van der Waals surface area contributed by atoms with E-state index in [1.54, 1.807) is 12.1 Å². The van der Waals surface area contributed by atoms with Crippen molar-refractivity contribution in [2.24, 2.45) is 0 Å². The van der Waals surface area contributed by atoms with Gasteiger partial charge in [-0.05, 0) is 18.2 Å². The molecule has 1 aliphatic heterocycles. The van der Waals surface area contributed by atoms with Gasteiger partial charge in [0.15, 0.2) is 11.2 Å². The molecule has 0 radical (unpaired) electrons. The number of rotatable bonds is 3. The first-order valence-electron chi connectivity index (χ1n) is 5.02. The van der Waals surface area contributed by atoms with Gasteiger partial charge in [-0.1, -0.05) is 6.07 Å². The van der Waals surface area contributed by atoms with Gasteiger partial charge in [0.05, 0.1) is 5.69 Å². The summed E-state index contributed by atoms with van der Waals surface area (Å²) >= 11 is 0.599. The van der Waals surface area contributed by atoms with Crippen LogP contribution < -0.4 is 4.72 Å². The molecule has 1 aliphatic rings. The molecule has 0 spiro atoms. The van der Waals surface area contributed by atoms with E-state index in [1.165, 1.54) is 12.1 Å². The molecule has 0 aliphatic carbocycles. The molecule has 1 aromatic carbocycles. The molecule has 1 N–H and O–H groups in total. The zero-order valence-electron chi connectivity index (χ0n) is 8.69. The molecule has 1 aromatic rings. The van der Waals surface area contributed by atoms with Gasteiger partial charge in [0.25, 0.3) is 0 Å². The predicted molar refractivity (Wildman–Crippen MR) is 67.1 cm³/mol. The van der Waals surface area contributed by atoms with Gasteiger partial charge in [-0.25, -0.2) is 12.9 Å². The number of halogens is 1. The SMILES string of the molecule is O=S(Nc1cccc(F)c1)N1CCSCC1. The minimum atomic E-state index is -1.26. The molecule has 0 bridgehead atoms. The maximum absolute atomic E-state index is 12.9. The Morgan fingerprint density at radius 1 is 1.38 bits per heavy atom. The van der Waals surface area contributed by atoms with Crippen LogP contribution in [0.3, 0.4) is 0 Å². The van der Waals surface area contributed by atoms with Crippen LogP contribution in [0.15, 0.2) is 24.3 Å². The third-order valence-corrected chi connectivity index (χ3v) is 4.42. The Morgan fingerprint density at radius 2 is 2.12 bits per heavy atom. The quantitative estimate of drug-likeness (QED) is 0.900. The molecule has 1 atom stereocenters. The van der Waals surface area contributed by atoms with E-state index < -0.39 is 11.2 Å². The van der Waals surface area contributed by atoms with Gasteiger partial charge < -0.3 is 0 Å². The topological polar surface area (TPSA) is 32.3 Å². The van der Waals surface area contributed by atoms with Crippen molar-refractivity contribution >= 4 is 28.6 Å². The molecular weight excluding hydrogens is 247 g/mol. The van der Waals surface area contributed by atoms with E-state index in [1.807, 2.05) is 16.1 Å². The van der Waals surface area contributed by atoms with Gasteiger partial charge in [-0.2, -0.15) is 11.8 Å². The lowest BCUT2D eigenvalue weighted by Gasteiger charge is -2.24. The molecule has 2 rings (SSSR count). The second kappa shape index (κ2) is 5.65. The molecule has 0 saturated carbocycles. The van der Waals surface area contributed by atoms with Crippen LogP contribution in [0.5, 0.6) is 0 Å². The lowest BCUT2D eigenvalue weighted by molar-refractivity contribution is 0.490. The summed E-state index contributed by atoms with van der Waals surface area (Å²) in [7, 11) is 0. The molecule has 0 aromatic heterocycles. The third-order valence-electron chi connectivity index (χ3n) is 2.23. The maximum atomic E-state index is 12.9. The fourth-order valence-electron chi connectivity index (χ4n) is 1.43. The van der Waals surface area contributed by atoms with Gasteiger partial charge in [0.2, 0.25) is 0 Å². The van der Waals surface area contributed by atoms with Gasteiger partial charge in [0.1, 0.15) is 5.82 Å². The van der Waals surface area contributed by atoms with Crippen LogP contribution in [0, 0.1) is 5.82 Å². The number of hydrogen-bond acceptors (Lipinski definition) is 2. The van der Waals surface area contributed by atoms with Gasteiger partial charge in [-0.15, -0.1) is 0 Å². The summed E-state index contributed by atoms with van der Waals surface area (Å²) in [5, 5.41) is 0. The fourth-order valence-corrected chi connectivity index (χ4v) is 3.54. The van der Waals surface area contributed by atoms with E-state index in [0.29, 0.717) is 5.69 Å². The Kier molecular flexibility index (Phi) is 4.20. The van der Waals surface area contributed by atoms with Crippen LogP contribution in [-0.2, 0) is 11.2 Å². The highest BCUT2D eigenvalue weighted by atomic mass is 32.2. The molecule has 3 nitrogen and oxygen atoms in total. The number of hydrogen-bond donors (Lipinski definition) is 1. The lowest BCUT2D eigenvalue weighted by atomic mass is 10.3. The molecule has 1 unspecified atom stereocenters. The second-order valence-corrected chi connectivity index (χ2v) is 5.85. The van der Waals surface area contributed by atoms with Crippen molar-refractivity contribution in [3.8, 4) is 0 Å². The summed E-state index contributed by atoms with van der Waals surface area (Å²) in [6.45, 7) is 1.61. The average molecular weight is 260 g/mol. The molecule has 0 amide bonds. The third kappa shape index (κ3) is 3.20. The molecule has 6 heteroatoms. The molecule has 16 heavy (non-hydrogen) atoms. The Bertz CT molecular complexity index is 383. The monoisotopic (exact) mass is 260 g/mol. The number of thioether (sulfide) groups is 1. The van der Waals surface area contributed by atoms with E-state index >= 15 is 0 Å². The molecule has 1 fully saturated rings. The van der Waals surface area contributed by atoms with E-state index in [-0.39, 0.29) is 5.82 Å². The van der Waals surface area contributed by atoms with Crippen LogP contribution in [0.4, 0.5) is 10.1 Å². The highest BCUT2D eigenvalue weighted by molar-refractivity contribution is 7.99. The Morgan fingerprint density at radius 3 is 2.81 bits per heavy atom. The van der Waals surface area contributed by atoms with Crippen LogP contribution in [-0.4, -0.2) is 33.1 Å². The largest absolute Gasteiger partial charge is 0.292 e. The minimum Gasteiger partial charge on any atom is -0.292 e. The normalized spacial score (nSPS) is 19.3. The predicted octanol–water partition coefficient (Wildman–Crippen LogP) is 1.87. The highest BCUT2D eigenvalue weighted by Gasteiger charge is 2.16. The summed E-state index contributed by atoms with van der Waals surface area (Å²) in [5.74, 6) is 1.67. The minimum absolute atomic E-state index is 0.323. The lowest BCUT2D eigenvalue weighted by Crippen LogP contribution is -2.37. The summed E-state index contributed by atoms with van der Waals surface area (Å²) < 4.78 is 29.4. The number of anilines is 1. The summed E-state index contributed by atoms with van der Waals surface area (Å²) in [6.07, 6.45) is 0. The summed E-state index contributed by atoms with van der Waals surface area (Å²) in [6, 6.07) is 6.02. The molecule has 1 saturated heterocycles. The number of nitrogens with one attached hydrogen (secondary N) is 1. The first-order valence-corrected chi connectivity index (χ1v) is 7.28. The maximum Gasteiger partial charge on any atom is 0.196 e. The summed E-state index contributed by atoms with van der Waals surface area (Å²) in [4.78, 5) is 0. The van der Waals surface area contributed by atoms with Crippen molar-refractivity contribution in [1.29, 1.82) is 0 Å². The average Bonchev–Trinajstić information content (AvgIpc) is 2.30. The zero-order valence-corrected chi connectivity index (χ0v) is 10.3. The van der Waals surface area contributed by atoms with Crippen molar-refractivity contribution in [2.75, 3.05) is 29.3 Å². The fraction of sp³-hybridized carbons (Fsp3) is 0.400. The zero-order chi connectivity index (χ0) is 11.4. The van der Waals surface area contributed by atoms with Crippen molar-refractivity contribution in [3.05, 3.63) is 30.1 Å². The number of benzene rings is 1. The second-order valence-electron chi connectivity index (χ2n) is 3.40. The van der Waals surface area contributed by atoms with E-state index in [2.05, 4.69) is 4.72 Å². The van der Waals surface area contributed by atoms with Gasteiger partial charge in [-0.3, -0.25) is 4.72 Å². The molecule has 88 valence electrons. The highest BCUT2D eigenvalue weighted by Crippen LogP contribution is 2.14. The Balaban J connectivity index is 1.96. The van der Waals surface area contributed by atoms with Crippen molar-refractivity contribution in [1.82, 2.24) is 4.31 Å².